The van der Waals surface area contributed by atoms with E-state index in [1.165, 1.54) is 42.5 Å². The molecule has 3 nitrogen and oxygen atoms in total. The van der Waals surface area contributed by atoms with Gasteiger partial charge in [-0.15, -0.1) is 0 Å². The molecule has 3 atom stereocenters. The first-order valence-electron chi connectivity index (χ1n) is 9.23. The normalized spacial score (nSPS) is 30.1. The fourth-order valence-corrected chi connectivity index (χ4v) is 5.03. The lowest BCUT2D eigenvalue weighted by molar-refractivity contribution is -0.137. The van der Waals surface area contributed by atoms with Crippen LogP contribution in [0, 0.1) is 31.6 Å². The SMILES string of the molecule is Cc1cccc(N2CCN(C(=O)C3C[C@@H]4CC[C@H]3C4)CC2)c1C. The van der Waals surface area contributed by atoms with Crippen molar-refractivity contribution in [2.45, 2.75) is 39.5 Å². The van der Waals surface area contributed by atoms with Gasteiger partial charge in [-0.25, -0.2) is 0 Å². The smallest absolute Gasteiger partial charge is 0.226 e. The standard InChI is InChI=1S/C20H28N2O/c1-14-4-3-5-19(15(14)2)21-8-10-22(11-9-21)20(23)18-13-16-6-7-17(18)12-16/h3-5,16-18H,6-13H2,1-2H3/t16-,17+,18?/m1/s1. The molecule has 124 valence electrons. The molecule has 0 spiro atoms. The molecule has 0 aromatic heterocycles. The van der Waals surface area contributed by atoms with Gasteiger partial charge < -0.3 is 9.80 Å². The third-order valence-electron chi connectivity index (χ3n) is 6.56. The number of nitrogens with zero attached hydrogens (tertiary/aromatic N) is 2. The molecule has 1 saturated heterocycles. The Morgan fingerprint density at radius 3 is 2.48 bits per heavy atom. The summed E-state index contributed by atoms with van der Waals surface area (Å²) in [5.74, 6) is 2.36. The highest BCUT2D eigenvalue weighted by Gasteiger charge is 2.44. The lowest BCUT2D eigenvalue weighted by Gasteiger charge is -2.39. The van der Waals surface area contributed by atoms with Crippen LogP contribution in [0.4, 0.5) is 5.69 Å². The summed E-state index contributed by atoms with van der Waals surface area (Å²) in [6, 6.07) is 6.54. The maximum atomic E-state index is 12.9. The van der Waals surface area contributed by atoms with Crippen LogP contribution in [0.2, 0.25) is 0 Å². The van der Waals surface area contributed by atoms with Gasteiger partial charge in [-0.05, 0) is 62.1 Å². The molecule has 1 heterocycles. The van der Waals surface area contributed by atoms with Crippen LogP contribution in [-0.2, 0) is 4.79 Å². The Labute approximate surface area is 139 Å². The first-order valence-corrected chi connectivity index (χ1v) is 9.23. The maximum Gasteiger partial charge on any atom is 0.226 e. The van der Waals surface area contributed by atoms with Crippen molar-refractivity contribution in [3.05, 3.63) is 29.3 Å². The van der Waals surface area contributed by atoms with Crippen LogP contribution < -0.4 is 4.90 Å². The Morgan fingerprint density at radius 1 is 1.04 bits per heavy atom. The summed E-state index contributed by atoms with van der Waals surface area (Å²) in [7, 11) is 0. The highest BCUT2D eigenvalue weighted by atomic mass is 16.2. The van der Waals surface area contributed by atoms with E-state index in [1.807, 2.05) is 0 Å². The summed E-state index contributed by atoms with van der Waals surface area (Å²) in [4.78, 5) is 17.5. The molecule has 1 aromatic rings. The number of benzene rings is 1. The van der Waals surface area contributed by atoms with Crippen LogP contribution in [-0.4, -0.2) is 37.0 Å². The minimum absolute atomic E-state index is 0.348. The van der Waals surface area contributed by atoms with Gasteiger partial charge in [0.1, 0.15) is 0 Å². The fourth-order valence-electron chi connectivity index (χ4n) is 5.03. The lowest BCUT2D eigenvalue weighted by atomic mass is 9.87. The van der Waals surface area contributed by atoms with Gasteiger partial charge in [0.15, 0.2) is 0 Å². The van der Waals surface area contributed by atoms with Crippen molar-refractivity contribution in [1.82, 2.24) is 4.90 Å². The molecule has 3 aliphatic rings. The second-order valence-corrected chi connectivity index (χ2v) is 7.81. The first-order chi connectivity index (χ1) is 11.1. The van der Waals surface area contributed by atoms with Crippen LogP contribution in [0.5, 0.6) is 0 Å². The predicted octanol–water partition coefficient (Wildman–Crippen LogP) is 3.39. The molecule has 23 heavy (non-hydrogen) atoms. The van der Waals surface area contributed by atoms with Gasteiger partial charge in [-0.3, -0.25) is 4.79 Å². The molecule has 1 unspecified atom stereocenters. The summed E-state index contributed by atoms with van der Waals surface area (Å²) in [5.41, 5.74) is 4.07. The number of piperazine rings is 1. The van der Waals surface area contributed by atoms with E-state index in [1.54, 1.807) is 0 Å². The number of amides is 1. The molecule has 1 aromatic carbocycles. The van der Waals surface area contributed by atoms with E-state index < -0.39 is 0 Å². The van der Waals surface area contributed by atoms with Crippen molar-refractivity contribution >= 4 is 11.6 Å². The van der Waals surface area contributed by atoms with E-state index in [-0.39, 0.29) is 0 Å². The number of fused-ring (bicyclic) bond motifs is 2. The Morgan fingerprint density at radius 2 is 1.83 bits per heavy atom. The molecule has 2 aliphatic carbocycles. The molecular weight excluding hydrogens is 284 g/mol. The minimum Gasteiger partial charge on any atom is -0.368 e. The zero-order valence-electron chi connectivity index (χ0n) is 14.4. The third kappa shape index (κ3) is 2.64. The molecule has 2 saturated carbocycles. The van der Waals surface area contributed by atoms with Gasteiger partial charge in [-0.1, -0.05) is 18.6 Å². The van der Waals surface area contributed by atoms with E-state index in [2.05, 4.69) is 41.8 Å². The summed E-state index contributed by atoms with van der Waals surface area (Å²) in [6.07, 6.45) is 5.15. The van der Waals surface area contributed by atoms with Crippen LogP contribution >= 0.6 is 0 Å². The average molecular weight is 312 g/mol. The number of rotatable bonds is 2. The minimum atomic E-state index is 0.348. The molecule has 1 aliphatic heterocycles. The summed E-state index contributed by atoms with van der Waals surface area (Å²) < 4.78 is 0. The Hall–Kier alpha value is -1.51. The number of anilines is 1. The Balaban J connectivity index is 1.39. The molecule has 2 bridgehead atoms. The Bertz CT molecular complexity index is 604. The van der Waals surface area contributed by atoms with E-state index >= 15 is 0 Å². The molecule has 4 rings (SSSR count). The molecule has 3 fully saturated rings. The number of hydrogen-bond acceptors (Lipinski definition) is 2. The summed E-state index contributed by atoms with van der Waals surface area (Å²) in [5, 5.41) is 0. The molecule has 0 radical (unpaired) electrons. The first kappa shape index (κ1) is 15.0. The second kappa shape index (κ2) is 5.85. The zero-order valence-corrected chi connectivity index (χ0v) is 14.4. The van der Waals surface area contributed by atoms with Crippen molar-refractivity contribution in [3.63, 3.8) is 0 Å². The van der Waals surface area contributed by atoms with Gasteiger partial charge in [0, 0.05) is 37.8 Å². The van der Waals surface area contributed by atoms with Crippen molar-refractivity contribution < 1.29 is 4.79 Å². The van der Waals surface area contributed by atoms with Crippen LogP contribution in [0.1, 0.15) is 36.8 Å². The topological polar surface area (TPSA) is 23.6 Å². The van der Waals surface area contributed by atoms with Crippen molar-refractivity contribution in [1.29, 1.82) is 0 Å². The van der Waals surface area contributed by atoms with Crippen LogP contribution in [0.25, 0.3) is 0 Å². The maximum absolute atomic E-state index is 12.9. The largest absolute Gasteiger partial charge is 0.368 e. The number of hydrogen-bond donors (Lipinski definition) is 0. The third-order valence-corrected chi connectivity index (χ3v) is 6.56. The van der Waals surface area contributed by atoms with Crippen molar-refractivity contribution in [2.24, 2.45) is 17.8 Å². The zero-order chi connectivity index (χ0) is 16.0. The molecule has 0 N–H and O–H groups in total. The molecule has 1 amide bonds. The van der Waals surface area contributed by atoms with Crippen LogP contribution in [0.15, 0.2) is 18.2 Å². The van der Waals surface area contributed by atoms with Gasteiger partial charge in [0.05, 0.1) is 0 Å². The van der Waals surface area contributed by atoms with Crippen LogP contribution in [0.3, 0.4) is 0 Å². The highest BCUT2D eigenvalue weighted by molar-refractivity contribution is 5.80. The molecule has 3 heteroatoms. The average Bonchev–Trinajstić information content (AvgIpc) is 3.20. The fraction of sp³-hybridized carbons (Fsp3) is 0.650. The van der Waals surface area contributed by atoms with E-state index in [9.17, 15) is 4.79 Å². The molecular formula is C20H28N2O. The highest BCUT2D eigenvalue weighted by Crippen LogP contribution is 2.48. The monoisotopic (exact) mass is 312 g/mol. The van der Waals surface area contributed by atoms with Crippen molar-refractivity contribution in [2.75, 3.05) is 31.1 Å². The Kier molecular flexibility index (Phi) is 3.82. The number of carbonyl (C=O) groups is 1. The van der Waals surface area contributed by atoms with Crippen molar-refractivity contribution in [3.8, 4) is 0 Å². The lowest BCUT2D eigenvalue weighted by Crippen LogP contribution is -2.51. The van der Waals surface area contributed by atoms with Gasteiger partial charge >= 0.3 is 0 Å². The van der Waals surface area contributed by atoms with Gasteiger partial charge in [0.2, 0.25) is 5.91 Å². The summed E-state index contributed by atoms with van der Waals surface area (Å²) >= 11 is 0. The number of aryl methyl sites for hydroxylation is 1. The van der Waals surface area contributed by atoms with Gasteiger partial charge in [0.25, 0.3) is 0 Å². The predicted molar refractivity (Wildman–Crippen MR) is 93.6 cm³/mol. The van der Waals surface area contributed by atoms with Gasteiger partial charge in [-0.2, -0.15) is 0 Å². The quantitative estimate of drug-likeness (QED) is 0.836. The number of carbonyl (C=O) groups excluding carboxylic acids is 1. The summed E-state index contributed by atoms with van der Waals surface area (Å²) in [6.45, 7) is 8.10. The van der Waals surface area contributed by atoms with E-state index in [0.717, 1.165) is 32.1 Å². The van der Waals surface area contributed by atoms with E-state index in [0.29, 0.717) is 17.7 Å². The van der Waals surface area contributed by atoms with E-state index in [4.69, 9.17) is 0 Å². The second-order valence-electron chi connectivity index (χ2n) is 7.81.